The average molecular weight is 499 g/mol. The molecule has 0 radical (unpaired) electrons. The molecule has 4 unspecified atom stereocenters. The van der Waals surface area contributed by atoms with Crippen LogP contribution in [-0.4, -0.2) is 5.78 Å². The molecule has 2 aliphatic rings. The van der Waals surface area contributed by atoms with Crippen molar-refractivity contribution in [3.8, 4) is 0 Å². The van der Waals surface area contributed by atoms with Gasteiger partial charge in [0.05, 0.1) is 0 Å². The standard InChI is InChI=1S/C37H38O/c1-25-10-14-27(15-11-25)23-32-8-5-9-33-34(32)24-35(37(33)30-18-12-26(2)13-19-30)36(38)21-17-28-16-20-29-6-3-4-7-31(29)22-28/h3-4,6-7,10-16,18-20,22,24,32-33,35,37H,5,8-9,17,21,23H2,1-2H3. The van der Waals surface area contributed by atoms with E-state index in [1.54, 1.807) is 5.57 Å². The highest BCUT2D eigenvalue weighted by Gasteiger charge is 2.44. The van der Waals surface area contributed by atoms with Crippen LogP contribution in [0.5, 0.6) is 0 Å². The summed E-state index contributed by atoms with van der Waals surface area (Å²) in [6, 6.07) is 33.1. The Morgan fingerprint density at radius 2 is 1.45 bits per heavy atom. The fourth-order valence-electron chi connectivity index (χ4n) is 7.01. The van der Waals surface area contributed by atoms with Gasteiger partial charge in [0.25, 0.3) is 0 Å². The van der Waals surface area contributed by atoms with Crippen LogP contribution in [0.25, 0.3) is 10.8 Å². The molecule has 0 aromatic heterocycles. The Balaban J connectivity index is 1.26. The van der Waals surface area contributed by atoms with Gasteiger partial charge in [-0.25, -0.2) is 0 Å². The van der Waals surface area contributed by atoms with Crippen molar-refractivity contribution in [2.75, 3.05) is 0 Å². The first-order chi connectivity index (χ1) is 18.5. The predicted octanol–water partition coefficient (Wildman–Crippen LogP) is 8.96. The van der Waals surface area contributed by atoms with Crippen molar-refractivity contribution in [2.24, 2.45) is 17.8 Å². The molecule has 0 spiro atoms. The third kappa shape index (κ3) is 5.12. The van der Waals surface area contributed by atoms with Gasteiger partial charge in [-0.2, -0.15) is 0 Å². The number of carbonyl (C=O) groups is 1. The third-order valence-electron chi connectivity index (χ3n) is 9.07. The van der Waals surface area contributed by atoms with Gasteiger partial charge in [-0.3, -0.25) is 4.79 Å². The van der Waals surface area contributed by atoms with Crippen molar-refractivity contribution < 1.29 is 4.79 Å². The molecule has 4 aromatic carbocycles. The summed E-state index contributed by atoms with van der Waals surface area (Å²) in [6.45, 7) is 4.30. The molecule has 6 rings (SSSR count). The fourth-order valence-corrected chi connectivity index (χ4v) is 7.01. The van der Waals surface area contributed by atoms with E-state index in [0.717, 1.165) is 12.8 Å². The largest absolute Gasteiger partial charge is 0.299 e. The van der Waals surface area contributed by atoms with Crippen molar-refractivity contribution in [1.29, 1.82) is 0 Å². The maximum absolute atomic E-state index is 13.9. The van der Waals surface area contributed by atoms with Gasteiger partial charge in [0.1, 0.15) is 5.78 Å². The summed E-state index contributed by atoms with van der Waals surface area (Å²) in [7, 11) is 0. The van der Waals surface area contributed by atoms with E-state index in [1.807, 2.05) is 0 Å². The molecule has 1 nitrogen and oxygen atoms in total. The Kier molecular flexibility index (Phi) is 7.02. The van der Waals surface area contributed by atoms with E-state index in [2.05, 4.69) is 111 Å². The summed E-state index contributed by atoms with van der Waals surface area (Å²) in [4.78, 5) is 13.9. The number of Topliss-reactive ketones (excluding diaryl/α,β-unsaturated/α-hetero) is 1. The number of fused-ring (bicyclic) bond motifs is 2. The normalized spacial score (nSPS) is 22.7. The summed E-state index contributed by atoms with van der Waals surface area (Å²) >= 11 is 0. The Bertz CT molecular complexity index is 1460. The minimum atomic E-state index is -0.0169. The van der Waals surface area contributed by atoms with Crippen LogP contribution in [0.4, 0.5) is 0 Å². The van der Waals surface area contributed by atoms with Crippen LogP contribution in [0.15, 0.2) is 103 Å². The van der Waals surface area contributed by atoms with Gasteiger partial charge >= 0.3 is 0 Å². The van der Waals surface area contributed by atoms with Gasteiger partial charge in [-0.1, -0.05) is 120 Å². The zero-order chi connectivity index (χ0) is 26.1. The van der Waals surface area contributed by atoms with Crippen LogP contribution in [0.2, 0.25) is 0 Å². The van der Waals surface area contributed by atoms with E-state index < -0.39 is 0 Å². The lowest BCUT2D eigenvalue weighted by Gasteiger charge is -2.34. The van der Waals surface area contributed by atoms with Crippen molar-refractivity contribution in [1.82, 2.24) is 0 Å². The number of carbonyl (C=O) groups excluding carboxylic acids is 1. The summed E-state index contributed by atoms with van der Waals surface area (Å²) in [6.07, 6.45) is 8.60. The first-order valence-corrected chi connectivity index (χ1v) is 14.4. The smallest absolute Gasteiger partial charge is 0.140 e. The lowest BCUT2D eigenvalue weighted by molar-refractivity contribution is -0.122. The van der Waals surface area contributed by atoms with Crippen LogP contribution in [0.3, 0.4) is 0 Å². The fraction of sp³-hybridized carbons (Fsp3) is 0.324. The Hall–Kier alpha value is -3.45. The van der Waals surface area contributed by atoms with E-state index in [4.69, 9.17) is 0 Å². The molecule has 0 saturated heterocycles. The number of hydrogen-bond donors (Lipinski definition) is 0. The highest BCUT2D eigenvalue weighted by Crippen LogP contribution is 2.53. The quantitative estimate of drug-likeness (QED) is 0.232. The molecule has 38 heavy (non-hydrogen) atoms. The molecule has 1 saturated carbocycles. The van der Waals surface area contributed by atoms with Gasteiger partial charge in [-0.05, 0) is 78.8 Å². The lowest BCUT2D eigenvalue weighted by Crippen LogP contribution is -2.26. The van der Waals surface area contributed by atoms with Crippen LogP contribution in [0.1, 0.15) is 59.4 Å². The molecular formula is C37H38O. The van der Waals surface area contributed by atoms with Crippen molar-refractivity contribution >= 4 is 16.6 Å². The van der Waals surface area contributed by atoms with E-state index >= 15 is 0 Å². The highest BCUT2D eigenvalue weighted by atomic mass is 16.1. The van der Waals surface area contributed by atoms with Crippen LogP contribution in [-0.2, 0) is 17.6 Å². The topological polar surface area (TPSA) is 17.1 Å². The molecule has 0 bridgehead atoms. The Morgan fingerprint density at radius 1 is 0.763 bits per heavy atom. The lowest BCUT2D eigenvalue weighted by atomic mass is 9.70. The summed E-state index contributed by atoms with van der Waals surface area (Å²) in [5, 5.41) is 2.51. The third-order valence-corrected chi connectivity index (χ3v) is 9.07. The van der Waals surface area contributed by atoms with E-state index in [0.29, 0.717) is 24.0 Å². The van der Waals surface area contributed by atoms with Gasteiger partial charge in [0, 0.05) is 18.3 Å². The van der Waals surface area contributed by atoms with Crippen LogP contribution >= 0.6 is 0 Å². The molecule has 0 amide bonds. The summed E-state index contributed by atoms with van der Waals surface area (Å²) in [5.41, 5.74) is 8.16. The van der Waals surface area contributed by atoms with Crippen molar-refractivity contribution in [3.05, 3.63) is 130 Å². The maximum atomic E-state index is 13.9. The number of aryl methyl sites for hydroxylation is 3. The molecule has 0 N–H and O–H groups in total. The van der Waals surface area contributed by atoms with E-state index in [9.17, 15) is 4.79 Å². The van der Waals surface area contributed by atoms with Crippen molar-refractivity contribution in [3.63, 3.8) is 0 Å². The average Bonchev–Trinajstić information content (AvgIpc) is 3.34. The molecule has 2 aliphatic carbocycles. The molecule has 1 heteroatoms. The second-order valence-corrected chi connectivity index (χ2v) is 11.7. The molecule has 0 aliphatic heterocycles. The zero-order valence-corrected chi connectivity index (χ0v) is 22.7. The second kappa shape index (κ2) is 10.7. The van der Waals surface area contributed by atoms with Crippen LogP contribution < -0.4 is 0 Å². The van der Waals surface area contributed by atoms with Gasteiger partial charge in [0.15, 0.2) is 0 Å². The summed E-state index contributed by atoms with van der Waals surface area (Å²) in [5.74, 6) is 1.69. The number of ketones is 1. The number of benzene rings is 4. The molecule has 4 aromatic rings. The van der Waals surface area contributed by atoms with Gasteiger partial charge in [-0.15, -0.1) is 0 Å². The SMILES string of the molecule is Cc1ccc(CC2CCCC3C2=CC(C(=O)CCc2ccc4ccccc4c2)C3c2ccc(C)cc2)cc1. The van der Waals surface area contributed by atoms with Gasteiger partial charge in [0.2, 0.25) is 0 Å². The zero-order valence-electron chi connectivity index (χ0n) is 22.7. The number of allylic oxidation sites excluding steroid dienone is 2. The molecular weight excluding hydrogens is 460 g/mol. The maximum Gasteiger partial charge on any atom is 0.140 e. The van der Waals surface area contributed by atoms with Crippen molar-refractivity contribution in [2.45, 2.75) is 58.3 Å². The monoisotopic (exact) mass is 498 g/mol. The first-order valence-electron chi connectivity index (χ1n) is 14.4. The molecule has 1 fully saturated rings. The number of hydrogen-bond acceptors (Lipinski definition) is 1. The summed E-state index contributed by atoms with van der Waals surface area (Å²) < 4.78 is 0. The molecule has 192 valence electrons. The Morgan fingerprint density at radius 3 is 2.21 bits per heavy atom. The predicted molar refractivity (Wildman–Crippen MR) is 158 cm³/mol. The second-order valence-electron chi connectivity index (χ2n) is 11.7. The minimum absolute atomic E-state index is 0.0169. The Labute approximate surface area is 227 Å². The van der Waals surface area contributed by atoms with E-state index in [-0.39, 0.29) is 11.8 Å². The minimum Gasteiger partial charge on any atom is -0.299 e. The molecule has 0 heterocycles. The molecule has 4 atom stereocenters. The van der Waals surface area contributed by atoms with Gasteiger partial charge < -0.3 is 0 Å². The van der Waals surface area contributed by atoms with Crippen LogP contribution in [0, 0.1) is 31.6 Å². The first kappa shape index (κ1) is 24.9. The van der Waals surface area contributed by atoms with E-state index in [1.165, 1.54) is 57.9 Å². The number of rotatable bonds is 7. The highest BCUT2D eigenvalue weighted by molar-refractivity contribution is 5.86.